The van der Waals surface area contributed by atoms with E-state index in [-0.39, 0.29) is 17.2 Å². The van der Waals surface area contributed by atoms with Crippen LogP contribution >= 0.6 is 0 Å². The molecule has 0 radical (unpaired) electrons. The first-order valence-electron chi connectivity index (χ1n) is 15.0. The number of aryl methyl sites for hydroxylation is 1. The van der Waals surface area contributed by atoms with Crippen LogP contribution in [0.1, 0.15) is 55.1 Å². The minimum atomic E-state index is -0.461. The number of carbonyl (C=O) groups excluding carboxylic acids is 2. The van der Waals surface area contributed by atoms with Crippen molar-refractivity contribution in [1.82, 2.24) is 19.4 Å². The minimum Gasteiger partial charge on any atom is -0.392 e. The van der Waals surface area contributed by atoms with Crippen molar-refractivity contribution < 1.29 is 14.7 Å². The van der Waals surface area contributed by atoms with E-state index < -0.39 is 5.91 Å². The van der Waals surface area contributed by atoms with Crippen molar-refractivity contribution in [2.24, 2.45) is 7.05 Å². The molecule has 1 fully saturated rings. The monoisotopic (exact) mass is 601 g/mol. The Morgan fingerprint density at radius 1 is 1.07 bits per heavy atom. The van der Waals surface area contributed by atoms with E-state index in [9.17, 15) is 19.5 Å². The second kappa shape index (κ2) is 12.6. The zero-order chi connectivity index (χ0) is 31.7. The van der Waals surface area contributed by atoms with Gasteiger partial charge in [-0.15, -0.1) is 0 Å². The smallest absolute Gasteiger partial charge is 0.263 e. The van der Waals surface area contributed by atoms with Gasteiger partial charge in [0.15, 0.2) is 6.29 Å². The summed E-state index contributed by atoms with van der Waals surface area (Å²) < 4.78 is 1.44. The lowest BCUT2D eigenvalue weighted by Gasteiger charge is -2.18. The maximum atomic E-state index is 13.5. The van der Waals surface area contributed by atoms with Crippen molar-refractivity contribution in [3.05, 3.63) is 123 Å². The van der Waals surface area contributed by atoms with Crippen molar-refractivity contribution >= 4 is 28.8 Å². The molecule has 5 aromatic rings. The van der Waals surface area contributed by atoms with Gasteiger partial charge in [0.1, 0.15) is 5.56 Å². The summed E-state index contributed by atoms with van der Waals surface area (Å²) in [6.07, 6.45) is 6.79. The van der Waals surface area contributed by atoms with Crippen LogP contribution in [0, 0.1) is 13.8 Å². The lowest BCUT2D eigenvalue weighted by molar-refractivity contribution is 0.102. The summed E-state index contributed by atoms with van der Waals surface area (Å²) in [5, 5.41) is 13.7. The average Bonchev–Trinajstić information content (AvgIpc) is 3.44. The third kappa shape index (κ3) is 6.18. The molecule has 2 N–H and O–H groups in total. The summed E-state index contributed by atoms with van der Waals surface area (Å²) >= 11 is 0. The number of benzene rings is 2. The molecule has 1 amide bonds. The maximum absolute atomic E-state index is 13.5. The lowest BCUT2D eigenvalue weighted by atomic mass is 9.91. The van der Waals surface area contributed by atoms with Crippen molar-refractivity contribution in [2.75, 3.05) is 18.4 Å². The Labute approximate surface area is 261 Å². The number of hydrogen-bond donors (Lipinski definition) is 2. The van der Waals surface area contributed by atoms with E-state index in [2.05, 4.69) is 39.2 Å². The molecule has 228 valence electrons. The van der Waals surface area contributed by atoms with Gasteiger partial charge in [0.25, 0.3) is 11.5 Å². The van der Waals surface area contributed by atoms with Crippen molar-refractivity contribution in [3.8, 4) is 11.1 Å². The van der Waals surface area contributed by atoms with Gasteiger partial charge in [-0.05, 0) is 77.9 Å². The molecule has 6 rings (SSSR count). The van der Waals surface area contributed by atoms with Gasteiger partial charge in [0, 0.05) is 68.3 Å². The fourth-order valence-corrected chi connectivity index (χ4v) is 6.17. The summed E-state index contributed by atoms with van der Waals surface area (Å²) in [6.45, 7) is 5.95. The Morgan fingerprint density at radius 2 is 1.84 bits per heavy atom. The normalized spacial score (nSPS) is 15.0. The van der Waals surface area contributed by atoms with Gasteiger partial charge in [0.2, 0.25) is 0 Å². The second-order valence-electron chi connectivity index (χ2n) is 11.8. The molecule has 0 spiro atoms. The molecule has 2 aromatic carbocycles. The number of amides is 1. The van der Waals surface area contributed by atoms with Gasteiger partial charge < -0.3 is 15.0 Å². The topological polar surface area (TPSA) is 117 Å². The number of anilines is 1. The van der Waals surface area contributed by atoms with Crippen LogP contribution in [0.3, 0.4) is 0 Å². The molecular weight excluding hydrogens is 566 g/mol. The Morgan fingerprint density at radius 3 is 2.60 bits per heavy atom. The summed E-state index contributed by atoms with van der Waals surface area (Å²) in [7, 11) is 1.65. The molecule has 3 aromatic heterocycles. The summed E-state index contributed by atoms with van der Waals surface area (Å²) in [5.74, 6) is -0.461. The van der Waals surface area contributed by atoms with Crippen LogP contribution in [-0.4, -0.2) is 55.9 Å². The van der Waals surface area contributed by atoms with Crippen molar-refractivity contribution in [3.63, 3.8) is 0 Å². The largest absolute Gasteiger partial charge is 0.392 e. The predicted molar refractivity (Wildman–Crippen MR) is 175 cm³/mol. The molecule has 1 saturated heterocycles. The summed E-state index contributed by atoms with van der Waals surface area (Å²) in [6, 6.07) is 17.3. The molecule has 1 aliphatic heterocycles. The van der Waals surface area contributed by atoms with E-state index in [1.54, 1.807) is 31.7 Å². The number of nitrogens with zero attached hydrogens (tertiary/aromatic N) is 4. The minimum absolute atomic E-state index is 0.0780. The molecule has 0 bridgehead atoms. The van der Waals surface area contributed by atoms with Crippen LogP contribution in [0.25, 0.3) is 22.0 Å². The highest BCUT2D eigenvalue weighted by Crippen LogP contribution is 2.33. The Balaban J connectivity index is 1.27. The number of nitrogens with one attached hydrogen (secondary N) is 1. The highest BCUT2D eigenvalue weighted by Gasteiger charge is 2.22. The molecule has 4 heterocycles. The van der Waals surface area contributed by atoms with E-state index in [0.717, 1.165) is 69.2 Å². The van der Waals surface area contributed by atoms with Gasteiger partial charge in [0.05, 0.1) is 17.3 Å². The van der Waals surface area contributed by atoms with Gasteiger partial charge in [-0.3, -0.25) is 29.3 Å². The van der Waals surface area contributed by atoms with E-state index >= 15 is 0 Å². The lowest BCUT2D eigenvalue weighted by Crippen LogP contribution is -2.29. The number of rotatable bonds is 8. The Bertz CT molecular complexity index is 2000. The Hall–Kier alpha value is -4.99. The second-order valence-corrected chi connectivity index (χ2v) is 11.8. The number of fused-ring (bicyclic) bond motifs is 1. The van der Waals surface area contributed by atoms with Gasteiger partial charge >= 0.3 is 0 Å². The number of carbonyl (C=O) groups is 2. The number of aliphatic hydroxyl groups is 1. The number of aldehydes is 1. The van der Waals surface area contributed by atoms with Gasteiger partial charge in [-0.25, -0.2) is 0 Å². The van der Waals surface area contributed by atoms with E-state index in [0.29, 0.717) is 30.8 Å². The van der Waals surface area contributed by atoms with Gasteiger partial charge in [-0.2, -0.15) is 0 Å². The third-order valence-corrected chi connectivity index (χ3v) is 8.65. The number of pyridine rings is 3. The van der Waals surface area contributed by atoms with Crippen molar-refractivity contribution in [2.45, 2.75) is 39.3 Å². The van der Waals surface area contributed by atoms with Crippen LogP contribution in [0.15, 0.2) is 78.0 Å². The summed E-state index contributed by atoms with van der Waals surface area (Å²) in [4.78, 5) is 48.9. The first kappa shape index (κ1) is 30.1. The van der Waals surface area contributed by atoms with Crippen LogP contribution < -0.4 is 10.9 Å². The molecule has 9 heteroatoms. The molecule has 0 saturated carbocycles. The standard InChI is InChI=1S/C36H35N5O4/c1-22-26(16-33-34-27(10-12-37-33)14-24(21-42)17-38-34)6-4-7-29(22)30-8-5-9-32(23(30)2)39-35(44)31-15-25(18-40(3)36(31)45)19-41-13-11-28(43)20-41/h4-10,12,14-15,17-18,21,28,43H,11,13,16,19-20H2,1-3H3,(H,39,44)/t28-/m1/s1. The molecule has 45 heavy (non-hydrogen) atoms. The number of aliphatic hydroxyl groups excluding tert-OH is 1. The maximum Gasteiger partial charge on any atom is 0.263 e. The predicted octanol–water partition coefficient (Wildman–Crippen LogP) is 4.83. The van der Waals surface area contributed by atoms with Gasteiger partial charge in [-0.1, -0.05) is 30.3 Å². The SMILES string of the molecule is Cc1c(Cc2nccc3cc(C=O)cnc23)cccc1-c1cccc(NC(=O)c2cc(CN3CC[C@@H](O)C3)cn(C)c2=O)c1C. The van der Waals surface area contributed by atoms with Crippen LogP contribution in [0.2, 0.25) is 0 Å². The van der Waals surface area contributed by atoms with E-state index in [4.69, 9.17) is 0 Å². The number of likely N-dealkylation sites (tertiary alicyclic amines) is 1. The van der Waals surface area contributed by atoms with E-state index in [1.807, 2.05) is 43.3 Å². The van der Waals surface area contributed by atoms with Crippen molar-refractivity contribution in [1.29, 1.82) is 0 Å². The number of hydrogen-bond acceptors (Lipinski definition) is 7. The zero-order valence-electron chi connectivity index (χ0n) is 25.6. The number of aromatic nitrogens is 3. The molecule has 1 aliphatic rings. The number of β-amino-alcohol motifs (C(OH)–C–C–N with tert-alkyl or cyclic N) is 1. The first-order valence-corrected chi connectivity index (χ1v) is 15.0. The summed E-state index contributed by atoms with van der Waals surface area (Å²) in [5.41, 5.74) is 8.36. The quantitative estimate of drug-likeness (QED) is 0.245. The van der Waals surface area contributed by atoms with E-state index in [1.165, 1.54) is 4.57 Å². The Kier molecular flexibility index (Phi) is 8.38. The average molecular weight is 602 g/mol. The third-order valence-electron chi connectivity index (χ3n) is 8.65. The highest BCUT2D eigenvalue weighted by atomic mass is 16.3. The fraction of sp³-hybridized carbons (Fsp3) is 0.250. The molecule has 9 nitrogen and oxygen atoms in total. The molecule has 1 atom stereocenters. The van der Waals surface area contributed by atoms with Crippen LogP contribution in [0.5, 0.6) is 0 Å². The molecule has 0 aliphatic carbocycles. The zero-order valence-corrected chi connectivity index (χ0v) is 25.6. The molecule has 0 unspecified atom stereocenters. The fourth-order valence-electron chi connectivity index (χ4n) is 6.17. The first-order chi connectivity index (χ1) is 21.7. The molecular formula is C36H35N5O4. The highest BCUT2D eigenvalue weighted by molar-refractivity contribution is 6.05. The van der Waals surface area contributed by atoms with Crippen LogP contribution in [0.4, 0.5) is 5.69 Å². The van der Waals surface area contributed by atoms with Crippen LogP contribution in [-0.2, 0) is 20.0 Å².